The number of carbonyl (C=O) groups excluding carboxylic acids is 1. The summed E-state index contributed by atoms with van der Waals surface area (Å²) in [5.41, 5.74) is 1.58. The first-order valence-electron chi connectivity index (χ1n) is 8.45. The zero-order chi connectivity index (χ0) is 19.4. The predicted molar refractivity (Wildman–Crippen MR) is 91.8 cm³/mol. The van der Waals surface area contributed by atoms with Crippen LogP contribution in [0.25, 0.3) is 0 Å². The maximum absolute atomic E-state index is 11.7. The molecule has 0 aromatic carbocycles. The molecule has 1 spiro atoms. The molecule has 2 N–H and O–H groups in total. The van der Waals surface area contributed by atoms with Crippen molar-refractivity contribution in [2.24, 2.45) is 0 Å². The number of hydrogen-bond acceptors (Lipinski definition) is 4. The van der Waals surface area contributed by atoms with Crippen molar-refractivity contribution in [3.05, 3.63) is 22.4 Å². The fraction of sp³-hybridized carbons (Fsp3) is 0.647. The fourth-order valence-corrected chi connectivity index (χ4v) is 4.21. The lowest BCUT2D eigenvalue weighted by Gasteiger charge is -2.42. The molecule has 2 heterocycles. The Labute approximate surface area is 154 Å². The number of halogens is 3. The summed E-state index contributed by atoms with van der Waals surface area (Å²) in [5.74, 6) is -2.42. The van der Waals surface area contributed by atoms with Crippen LogP contribution in [0.15, 0.2) is 16.8 Å². The Kier molecular flexibility index (Phi) is 6.68. The molecule has 3 rings (SSSR count). The average Bonchev–Trinajstić information content (AvgIpc) is 3.19. The van der Waals surface area contributed by atoms with Gasteiger partial charge in [-0.05, 0) is 54.5 Å². The number of amides is 1. The number of nitrogens with zero attached hydrogens (tertiary/aromatic N) is 1. The summed E-state index contributed by atoms with van der Waals surface area (Å²) in [4.78, 5) is 22.6. The van der Waals surface area contributed by atoms with Crippen molar-refractivity contribution in [1.82, 2.24) is 10.2 Å². The van der Waals surface area contributed by atoms with Gasteiger partial charge in [-0.1, -0.05) is 0 Å². The SMILES string of the molecule is CN1C(=O)CCC12CCC(NCc1ccsc1)CC2.O=C(O)C(F)(F)F. The molecule has 2 aliphatic rings. The van der Waals surface area contributed by atoms with Crippen LogP contribution in [0.1, 0.15) is 44.1 Å². The van der Waals surface area contributed by atoms with Gasteiger partial charge in [-0.25, -0.2) is 4.79 Å². The predicted octanol–water partition coefficient (Wildman–Crippen LogP) is 3.40. The van der Waals surface area contributed by atoms with E-state index in [0.29, 0.717) is 11.9 Å². The second-order valence-corrected chi connectivity index (χ2v) is 7.55. The summed E-state index contributed by atoms with van der Waals surface area (Å²) in [7, 11) is 1.99. The molecule has 2 fully saturated rings. The van der Waals surface area contributed by atoms with Gasteiger partial charge < -0.3 is 15.3 Å². The van der Waals surface area contributed by atoms with E-state index in [1.165, 1.54) is 18.4 Å². The molecule has 0 bridgehead atoms. The van der Waals surface area contributed by atoms with E-state index >= 15 is 0 Å². The first-order valence-corrected chi connectivity index (χ1v) is 9.39. The summed E-state index contributed by atoms with van der Waals surface area (Å²) in [5, 5.41) is 15.1. The zero-order valence-corrected chi connectivity index (χ0v) is 15.3. The fourth-order valence-electron chi connectivity index (χ4n) is 3.54. The normalized spacial score (nSPS) is 25.9. The van der Waals surface area contributed by atoms with Crippen LogP contribution in [-0.4, -0.2) is 46.7 Å². The number of likely N-dealkylation sites (tertiary alicyclic amines) is 1. The molecule has 5 nitrogen and oxygen atoms in total. The molecule has 146 valence electrons. The minimum absolute atomic E-state index is 0.192. The monoisotopic (exact) mass is 392 g/mol. The van der Waals surface area contributed by atoms with Crippen molar-refractivity contribution in [3.8, 4) is 0 Å². The van der Waals surface area contributed by atoms with Gasteiger partial charge in [-0.2, -0.15) is 24.5 Å². The van der Waals surface area contributed by atoms with Crippen LogP contribution in [0.3, 0.4) is 0 Å². The Morgan fingerprint density at radius 3 is 2.42 bits per heavy atom. The van der Waals surface area contributed by atoms with Crippen molar-refractivity contribution in [3.63, 3.8) is 0 Å². The molecule has 0 radical (unpaired) electrons. The molecule has 1 aromatic rings. The number of hydrogen-bond donors (Lipinski definition) is 2. The molecule has 1 saturated carbocycles. The molecule has 26 heavy (non-hydrogen) atoms. The smallest absolute Gasteiger partial charge is 0.475 e. The summed E-state index contributed by atoms with van der Waals surface area (Å²) in [6.07, 6.45) is 1.46. The first kappa shape index (κ1) is 20.7. The number of nitrogens with one attached hydrogen (secondary N) is 1. The number of aliphatic carboxylic acids is 1. The van der Waals surface area contributed by atoms with E-state index < -0.39 is 12.1 Å². The van der Waals surface area contributed by atoms with E-state index in [2.05, 4.69) is 22.1 Å². The van der Waals surface area contributed by atoms with Crippen LogP contribution in [0, 0.1) is 0 Å². The van der Waals surface area contributed by atoms with Gasteiger partial charge in [0.1, 0.15) is 0 Å². The van der Waals surface area contributed by atoms with Gasteiger partial charge in [0, 0.05) is 31.6 Å². The molecule has 1 aromatic heterocycles. The maximum Gasteiger partial charge on any atom is 0.490 e. The molecular formula is C17H23F3N2O3S. The highest BCUT2D eigenvalue weighted by atomic mass is 32.1. The zero-order valence-electron chi connectivity index (χ0n) is 14.5. The summed E-state index contributed by atoms with van der Waals surface area (Å²) in [6, 6.07) is 2.81. The minimum atomic E-state index is -5.08. The Morgan fingerprint density at radius 1 is 1.38 bits per heavy atom. The van der Waals surface area contributed by atoms with Gasteiger partial charge in [0.2, 0.25) is 5.91 Å². The first-order chi connectivity index (χ1) is 12.1. The Balaban J connectivity index is 0.000000298. The van der Waals surface area contributed by atoms with Gasteiger partial charge >= 0.3 is 12.1 Å². The Bertz CT molecular complexity index is 611. The summed E-state index contributed by atoms with van der Waals surface area (Å²) in [6.45, 7) is 0.982. The summed E-state index contributed by atoms with van der Waals surface area (Å²) < 4.78 is 31.7. The number of thiophene rings is 1. The number of carboxylic acid groups (broad SMARTS) is 1. The van der Waals surface area contributed by atoms with Crippen LogP contribution < -0.4 is 5.32 Å². The molecule has 1 aliphatic heterocycles. The molecule has 1 amide bonds. The second kappa shape index (κ2) is 8.39. The molecule has 0 atom stereocenters. The van der Waals surface area contributed by atoms with Crippen LogP contribution in [0.5, 0.6) is 0 Å². The standard InChI is InChI=1S/C15H22N2OS.C2HF3O2/c1-17-14(18)4-8-15(17)6-2-13(3-7-15)16-10-12-5-9-19-11-12;3-2(4,5)1(6)7/h5,9,11,13,16H,2-4,6-8,10H2,1H3;(H,6,7). The third kappa shape index (κ3) is 5.20. The quantitative estimate of drug-likeness (QED) is 0.827. The van der Waals surface area contributed by atoms with Crippen LogP contribution in [0.2, 0.25) is 0 Å². The van der Waals surface area contributed by atoms with E-state index in [9.17, 15) is 18.0 Å². The van der Waals surface area contributed by atoms with Crippen molar-refractivity contribution in [1.29, 1.82) is 0 Å². The van der Waals surface area contributed by atoms with Crippen molar-refractivity contribution >= 4 is 23.2 Å². The Morgan fingerprint density at radius 2 is 2.00 bits per heavy atom. The van der Waals surface area contributed by atoms with E-state index in [0.717, 1.165) is 32.2 Å². The molecule has 1 saturated heterocycles. The number of carboxylic acids is 1. The van der Waals surface area contributed by atoms with Gasteiger partial charge in [-0.3, -0.25) is 4.79 Å². The highest BCUT2D eigenvalue weighted by Gasteiger charge is 2.44. The average molecular weight is 392 g/mol. The lowest BCUT2D eigenvalue weighted by atomic mass is 9.78. The second-order valence-electron chi connectivity index (χ2n) is 6.77. The molecule has 0 unspecified atom stereocenters. The molecular weight excluding hydrogens is 369 g/mol. The van der Waals surface area contributed by atoms with E-state index in [-0.39, 0.29) is 5.54 Å². The number of rotatable bonds is 3. The van der Waals surface area contributed by atoms with Gasteiger partial charge in [0.25, 0.3) is 0 Å². The van der Waals surface area contributed by atoms with E-state index in [1.807, 2.05) is 11.9 Å². The van der Waals surface area contributed by atoms with Gasteiger partial charge in [0.05, 0.1) is 0 Å². The largest absolute Gasteiger partial charge is 0.490 e. The van der Waals surface area contributed by atoms with Gasteiger partial charge in [0.15, 0.2) is 0 Å². The molecule has 1 aliphatic carbocycles. The number of carbonyl (C=O) groups is 2. The third-order valence-corrected chi connectivity index (χ3v) is 5.96. The maximum atomic E-state index is 11.7. The third-order valence-electron chi connectivity index (χ3n) is 5.22. The topological polar surface area (TPSA) is 69.6 Å². The minimum Gasteiger partial charge on any atom is -0.475 e. The van der Waals surface area contributed by atoms with Crippen LogP contribution in [0.4, 0.5) is 13.2 Å². The highest BCUT2D eigenvalue weighted by molar-refractivity contribution is 7.07. The van der Waals surface area contributed by atoms with E-state index in [4.69, 9.17) is 9.90 Å². The van der Waals surface area contributed by atoms with Crippen molar-refractivity contribution in [2.75, 3.05) is 7.05 Å². The lowest BCUT2D eigenvalue weighted by Crippen LogP contribution is -2.48. The highest BCUT2D eigenvalue weighted by Crippen LogP contribution is 2.41. The van der Waals surface area contributed by atoms with Crippen LogP contribution >= 0.6 is 11.3 Å². The number of alkyl halides is 3. The van der Waals surface area contributed by atoms with E-state index in [1.54, 1.807) is 11.3 Å². The van der Waals surface area contributed by atoms with Crippen LogP contribution in [-0.2, 0) is 16.1 Å². The van der Waals surface area contributed by atoms with Crippen molar-refractivity contribution in [2.45, 2.75) is 62.8 Å². The van der Waals surface area contributed by atoms with Crippen molar-refractivity contribution < 1.29 is 27.9 Å². The Hall–Kier alpha value is -1.61. The van der Waals surface area contributed by atoms with Gasteiger partial charge in [-0.15, -0.1) is 0 Å². The lowest BCUT2D eigenvalue weighted by molar-refractivity contribution is -0.192. The summed E-state index contributed by atoms with van der Waals surface area (Å²) >= 11 is 1.76. The molecule has 9 heteroatoms.